The number of nitrogens with zero attached hydrogens (tertiary/aromatic N) is 3. The molecule has 0 fully saturated rings. The fourth-order valence-electron chi connectivity index (χ4n) is 1.70. The molecule has 2 rings (SSSR count). The van der Waals surface area contributed by atoms with Crippen LogP contribution in [-0.2, 0) is 13.1 Å². The number of benzene rings is 1. The van der Waals surface area contributed by atoms with Crippen LogP contribution >= 0.6 is 0 Å². The monoisotopic (exact) mass is 216 g/mol. The Bertz CT molecular complexity index is 447. The number of anilines is 1. The third-order valence-corrected chi connectivity index (χ3v) is 2.55. The predicted octanol–water partition coefficient (Wildman–Crippen LogP) is 2.22. The van der Waals surface area contributed by atoms with Gasteiger partial charge in [0.25, 0.3) is 0 Å². The average Bonchev–Trinajstić information content (AvgIpc) is 2.68. The highest BCUT2D eigenvalue weighted by atomic mass is 15.3. The molecule has 1 aromatic carbocycles. The van der Waals surface area contributed by atoms with Crippen LogP contribution in [-0.4, -0.2) is 14.8 Å². The normalized spacial score (nSPS) is 10.4. The summed E-state index contributed by atoms with van der Waals surface area (Å²) >= 11 is 0. The van der Waals surface area contributed by atoms with E-state index in [0.29, 0.717) is 6.54 Å². The lowest BCUT2D eigenvalue weighted by atomic mass is 10.3. The molecule has 1 aromatic heterocycles. The van der Waals surface area contributed by atoms with Gasteiger partial charge in [-0.05, 0) is 26.0 Å². The molecule has 0 saturated heterocycles. The first-order chi connectivity index (χ1) is 7.81. The molecule has 0 radical (unpaired) electrons. The molecule has 1 N–H and O–H groups in total. The standard InChI is InChI=1S/C12H16N4/c1-3-16-10(2)14-15-12(16)9-13-11-7-5-4-6-8-11/h4-8,13H,3,9H2,1-2H3. The van der Waals surface area contributed by atoms with Crippen LogP contribution in [0, 0.1) is 6.92 Å². The SMILES string of the molecule is CCn1c(C)nnc1CNc1ccccc1. The van der Waals surface area contributed by atoms with Gasteiger partial charge in [0, 0.05) is 12.2 Å². The summed E-state index contributed by atoms with van der Waals surface area (Å²) in [6.45, 7) is 5.69. The van der Waals surface area contributed by atoms with E-state index in [0.717, 1.165) is 23.9 Å². The van der Waals surface area contributed by atoms with Crippen molar-refractivity contribution in [1.29, 1.82) is 0 Å². The first-order valence-corrected chi connectivity index (χ1v) is 5.49. The Morgan fingerprint density at radius 1 is 1.19 bits per heavy atom. The van der Waals surface area contributed by atoms with Gasteiger partial charge in [0.2, 0.25) is 0 Å². The van der Waals surface area contributed by atoms with Crippen molar-refractivity contribution in [3.8, 4) is 0 Å². The van der Waals surface area contributed by atoms with Crippen LogP contribution in [0.3, 0.4) is 0 Å². The molecule has 0 aliphatic carbocycles. The summed E-state index contributed by atoms with van der Waals surface area (Å²) in [6.07, 6.45) is 0. The molecule has 1 heterocycles. The predicted molar refractivity (Wildman–Crippen MR) is 64.2 cm³/mol. The van der Waals surface area contributed by atoms with Crippen LogP contribution < -0.4 is 5.32 Å². The molecule has 0 aliphatic rings. The van der Waals surface area contributed by atoms with Gasteiger partial charge in [-0.2, -0.15) is 0 Å². The van der Waals surface area contributed by atoms with E-state index in [9.17, 15) is 0 Å². The Hall–Kier alpha value is -1.84. The molecule has 4 heteroatoms. The van der Waals surface area contributed by atoms with Crippen LogP contribution in [0.15, 0.2) is 30.3 Å². The van der Waals surface area contributed by atoms with E-state index in [4.69, 9.17) is 0 Å². The minimum atomic E-state index is 0.707. The number of hydrogen-bond donors (Lipinski definition) is 1. The van der Waals surface area contributed by atoms with Crippen LogP contribution in [0.1, 0.15) is 18.6 Å². The Balaban J connectivity index is 2.05. The Kier molecular flexibility index (Phi) is 3.19. The molecule has 0 bridgehead atoms. The molecule has 0 atom stereocenters. The van der Waals surface area contributed by atoms with E-state index in [-0.39, 0.29) is 0 Å². The largest absolute Gasteiger partial charge is 0.378 e. The van der Waals surface area contributed by atoms with Gasteiger partial charge in [0.1, 0.15) is 5.82 Å². The number of aromatic nitrogens is 3. The molecule has 2 aromatic rings. The molecule has 0 aliphatic heterocycles. The highest BCUT2D eigenvalue weighted by molar-refractivity contribution is 5.42. The Labute approximate surface area is 95.3 Å². The van der Waals surface area contributed by atoms with E-state index in [1.807, 2.05) is 37.3 Å². The molecule has 0 unspecified atom stereocenters. The lowest BCUT2D eigenvalue weighted by Crippen LogP contribution is -2.08. The van der Waals surface area contributed by atoms with Crippen LogP contribution in [0.5, 0.6) is 0 Å². The zero-order chi connectivity index (χ0) is 11.4. The van der Waals surface area contributed by atoms with Gasteiger partial charge in [0.05, 0.1) is 6.54 Å². The van der Waals surface area contributed by atoms with Crippen molar-refractivity contribution in [2.45, 2.75) is 26.9 Å². The lowest BCUT2D eigenvalue weighted by molar-refractivity contribution is 0.687. The van der Waals surface area contributed by atoms with Crippen LogP contribution in [0.4, 0.5) is 5.69 Å². The fourth-order valence-corrected chi connectivity index (χ4v) is 1.70. The minimum absolute atomic E-state index is 0.707. The summed E-state index contributed by atoms with van der Waals surface area (Å²) in [5.74, 6) is 1.94. The van der Waals surface area contributed by atoms with E-state index in [1.165, 1.54) is 0 Å². The number of rotatable bonds is 4. The molecular formula is C12H16N4. The average molecular weight is 216 g/mol. The highest BCUT2D eigenvalue weighted by Crippen LogP contribution is 2.08. The molecule has 84 valence electrons. The summed E-state index contributed by atoms with van der Waals surface area (Å²) in [5, 5.41) is 11.6. The van der Waals surface area contributed by atoms with Gasteiger partial charge < -0.3 is 9.88 Å². The first-order valence-electron chi connectivity index (χ1n) is 5.49. The lowest BCUT2D eigenvalue weighted by Gasteiger charge is -2.07. The van der Waals surface area contributed by atoms with E-state index in [2.05, 4.69) is 27.0 Å². The summed E-state index contributed by atoms with van der Waals surface area (Å²) in [6, 6.07) is 10.1. The molecule has 0 amide bonds. The van der Waals surface area contributed by atoms with Gasteiger partial charge in [-0.25, -0.2) is 0 Å². The van der Waals surface area contributed by atoms with Crippen molar-refractivity contribution in [2.24, 2.45) is 0 Å². The number of aryl methyl sites for hydroxylation is 1. The maximum absolute atomic E-state index is 4.15. The van der Waals surface area contributed by atoms with Crippen molar-refractivity contribution in [3.63, 3.8) is 0 Å². The number of para-hydroxylation sites is 1. The summed E-state index contributed by atoms with van der Waals surface area (Å²) < 4.78 is 2.11. The molecule has 0 spiro atoms. The van der Waals surface area contributed by atoms with Gasteiger partial charge in [-0.15, -0.1) is 10.2 Å². The van der Waals surface area contributed by atoms with Gasteiger partial charge >= 0.3 is 0 Å². The van der Waals surface area contributed by atoms with Crippen molar-refractivity contribution in [3.05, 3.63) is 42.0 Å². The zero-order valence-electron chi connectivity index (χ0n) is 9.64. The van der Waals surface area contributed by atoms with E-state index >= 15 is 0 Å². The maximum atomic E-state index is 4.15. The van der Waals surface area contributed by atoms with Crippen molar-refractivity contribution in [1.82, 2.24) is 14.8 Å². The summed E-state index contributed by atoms with van der Waals surface area (Å²) in [5.41, 5.74) is 1.10. The van der Waals surface area contributed by atoms with Crippen LogP contribution in [0.2, 0.25) is 0 Å². The first kappa shape index (κ1) is 10.7. The third-order valence-electron chi connectivity index (χ3n) is 2.55. The highest BCUT2D eigenvalue weighted by Gasteiger charge is 2.05. The van der Waals surface area contributed by atoms with Gasteiger partial charge in [-0.3, -0.25) is 0 Å². The fraction of sp³-hybridized carbons (Fsp3) is 0.333. The quantitative estimate of drug-likeness (QED) is 0.852. The molecular weight excluding hydrogens is 200 g/mol. The smallest absolute Gasteiger partial charge is 0.152 e. The van der Waals surface area contributed by atoms with Gasteiger partial charge in [0.15, 0.2) is 5.82 Å². The maximum Gasteiger partial charge on any atom is 0.152 e. The topological polar surface area (TPSA) is 42.7 Å². The second-order valence-corrected chi connectivity index (χ2v) is 3.63. The minimum Gasteiger partial charge on any atom is -0.378 e. The molecule has 4 nitrogen and oxygen atoms in total. The van der Waals surface area contributed by atoms with Crippen molar-refractivity contribution < 1.29 is 0 Å². The summed E-state index contributed by atoms with van der Waals surface area (Å²) in [4.78, 5) is 0. The summed E-state index contributed by atoms with van der Waals surface area (Å²) in [7, 11) is 0. The van der Waals surface area contributed by atoms with E-state index < -0.39 is 0 Å². The second-order valence-electron chi connectivity index (χ2n) is 3.63. The Morgan fingerprint density at radius 3 is 2.62 bits per heavy atom. The van der Waals surface area contributed by atoms with Crippen molar-refractivity contribution >= 4 is 5.69 Å². The third kappa shape index (κ3) is 2.21. The van der Waals surface area contributed by atoms with Crippen molar-refractivity contribution in [2.75, 3.05) is 5.32 Å². The molecule has 0 saturated carbocycles. The number of hydrogen-bond acceptors (Lipinski definition) is 3. The zero-order valence-corrected chi connectivity index (χ0v) is 9.64. The Morgan fingerprint density at radius 2 is 1.94 bits per heavy atom. The van der Waals surface area contributed by atoms with Crippen LogP contribution in [0.25, 0.3) is 0 Å². The van der Waals surface area contributed by atoms with E-state index in [1.54, 1.807) is 0 Å². The number of nitrogens with one attached hydrogen (secondary N) is 1. The molecule has 16 heavy (non-hydrogen) atoms. The second kappa shape index (κ2) is 4.79. The van der Waals surface area contributed by atoms with Gasteiger partial charge in [-0.1, -0.05) is 18.2 Å².